The van der Waals surface area contributed by atoms with E-state index in [1.807, 2.05) is 47.8 Å². The standard InChI is InChI=1S/C20H15N3O3S/c24-20(25-11-18-22-19(23-26-18)17-6-3-9-27-17)14-10-16(12-7-8-12)21-15-5-2-1-4-13(14)15/h1-6,9-10,12H,7-8,11H2. The first-order chi connectivity index (χ1) is 13.3. The first-order valence-electron chi connectivity index (χ1n) is 8.71. The highest BCUT2D eigenvalue weighted by Gasteiger charge is 2.27. The van der Waals surface area contributed by atoms with Gasteiger partial charge in [0.1, 0.15) is 0 Å². The van der Waals surface area contributed by atoms with Gasteiger partial charge in [0.15, 0.2) is 6.61 Å². The topological polar surface area (TPSA) is 78.1 Å². The molecule has 134 valence electrons. The molecule has 27 heavy (non-hydrogen) atoms. The van der Waals surface area contributed by atoms with Gasteiger partial charge in [-0.25, -0.2) is 4.79 Å². The monoisotopic (exact) mass is 377 g/mol. The number of para-hydroxylation sites is 1. The summed E-state index contributed by atoms with van der Waals surface area (Å²) < 4.78 is 10.6. The molecule has 7 heteroatoms. The molecule has 3 heterocycles. The molecule has 1 fully saturated rings. The van der Waals surface area contributed by atoms with Crippen LogP contribution in [0.1, 0.15) is 40.7 Å². The predicted octanol–water partition coefficient (Wildman–Crippen LogP) is 4.58. The average molecular weight is 377 g/mol. The van der Waals surface area contributed by atoms with Crippen LogP contribution in [-0.4, -0.2) is 21.1 Å². The number of fused-ring (bicyclic) bond motifs is 1. The van der Waals surface area contributed by atoms with E-state index in [1.165, 1.54) is 11.3 Å². The quantitative estimate of drug-likeness (QED) is 0.474. The molecule has 0 amide bonds. The number of ether oxygens (including phenoxy) is 1. The zero-order valence-corrected chi connectivity index (χ0v) is 15.1. The Morgan fingerprint density at radius 2 is 2.07 bits per heavy atom. The number of hydrogen-bond acceptors (Lipinski definition) is 7. The Morgan fingerprint density at radius 3 is 2.89 bits per heavy atom. The van der Waals surface area contributed by atoms with E-state index in [2.05, 4.69) is 15.1 Å². The van der Waals surface area contributed by atoms with E-state index < -0.39 is 5.97 Å². The zero-order chi connectivity index (χ0) is 18.2. The van der Waals surface area contributed by atoms with Crippen molar-refractivity contribution in [3.8, 4) is 10.7 Å². The number of nitrogens with zero attached hydrogens (tertiary/aromatic N) is 3. The van der Waals surface area contributed by atoms with E-state index in [-0.39, 0.29) is 12.5 Å². The van der Waals surface area contributed by atoms with Crippen molar-refractivity contribution in [2.24, 2.45) is 0 Å². The molecule has 0 aliphatic heterocycles. The van der Waals surface area contributed by atoms with Crippen molar-refractivity contribution in [1.82, 2.24) is 15.1 Å². The molecule has 1 aromatic carbocycles. The third kappa shape index (κ3) is 3.21. The van der Waals surface area contributed by atoms with Gasteiger partial charge in [0.25, 0.3) is 5.89 Å². The summed E-state index contributed by atoms with van der Waals surface area (Å²) in [7, 11) is 0. The molecule has 1 aliphatic rings. The van der Waals surface area contributed by atoms with Crippen LogP contribution in [0.4, 0.5) is 0 Å². The second-order valence-electron chi connectivity index (χ2n) is 6.45. The van der Waals surface area contributed by atoms with Crippen LogP contribution < -0.4 is 0 Å². The Kier molecular flexibility index (Phi) is 3.94. The molecule has 1 aliphatic carbocycles. The molecule has 4 aromatic rings. The van der Waals surface area contributed by atoms with Gasteiger partial charge < -0.3 is 9.26 Å². The van der Waals surface area contributed by atoms with E-state index in [1.54, 1.807) is 0 Å². The largest absolute Gasteiger partial charge is 0.452 e. The van der Waals surface area contributed by atoms with Crippen molar-refractivity contribution in [2.75, 3.05) is 0 Å². The minimum Gasteiger partial charge on any atom is -0.452 e. The lowest BCUT2D eigenvalue weighted by atomic mass is 10.1. The predicted molar refractivity (Wildman–Crippen MR) is 100 cm³/mol. The molecule has 0 atom stereocenters. The minimum atomic E-state index is -0.411. The molecule has 3 aromatic heterocycles. The Morgan fingerprint density at radius 1 is 1.19 bits per heavy atom. The number of esters is 1. The van der Waals surface area contributed by atoms with Gasteiger partial charge in [0, 0.05) is 17.0 Å². The summed E-state index contributed by atoms with van der Waals surface area (Å²) in [6.07, 6.45) is 2.24. The lowest BCUT2D eigenvalue weighted by Crippen LogP contribution is -2.08. The number of aromatic nitrogens is 3. The summed E-state index contributed by atoms with van der Waals surface area (Å²) in [4.78, 5) is 22.6. The zero-order valence-electron chi connectivity index (χ0n) is 14.3. The third-order valence-corrected chi connectivity index (χ3v) is 5.35. The van der Waals surface area contributed by atoms with Gasteiger partial charge in [-0.15, -0.1) is 11.3 Å². The Bertz CT molecular complexity index is 1120. The molecule has 0 saturated heterocycles. The van der Waals surface area contributed by atoms with Crippen LogP contribution in [-0.2, 0) is 11.3 Å². The fourth-order valence-corrected chi connectivity index (χ4v) is 3.63. The fraction of sp³-hybridized carbons (Fsp3) is 0.200. The van der Waals surface area contributed by atoms with Crippen LogP contribution in [0.3, 0.4) is 0 Å². The number of carbonyl (C=O) groups is 1. The van der Waals surface area contributed by atoms with Gasteiger partial charge in [-0.05, 0) is 36.4 Å². The molecule has 6 nitrogen and oxygen atoms in total. The molecule has 0 unspecified atom stereocenters. The summed E-state index contributed by atoms with van der Waals surface area (Å²) in [5, 5.41) is 6.66. The van der Waals surface area contributed by atoms with Gasteiger partial charge in [0.2, 0.25) is 5.82 Å². The second-order valence-corrected chi connectivity index (χ2v) is 7.40. The molecule has 0 bridgehead atoms. The highest BCUT2D eigenvalue weighted by atomic mass is 32.1. The first kappa shape index (κ1) is 16.1. The third-order valence-electron chi connectivity index (χ3n) is 4.49. The SMILES string of the molecule is O=C(OCc1nc(-c2cccs2)no1)c1cc(C2CC2)nc2ccccc12. The van der Waals surface area contributed by atoms with E-state index >= 15 is 0 Å². The minimum absolute atomic E-state index is 0.0629. The number of hydrogen-bond donors (Lipinski definition) is 0. The van der Waals surface area contributed by atoms with Gasteiger partial charge in [-0.1, -0.05) is 29.4 Å². The number of benzene rings is 1. The number of rotatable bonds is 5. The van der Waals surface area contributed by atoms with Gasteiger partial charge in [-0.3, -0.25) is 4.98 Å². The Labute approximate surface area is 158 Å². The first-order valence-corrected chi connectivity index (χ1v) is 9.59. The van der Waals surface area contributed by atoms with E-state index in [0.717, 1.165) is 34.3 Å². The fourth-order valence-electron chi connectivity index (χ4n) is 2.98. The average Bonchev–Trinajstić information content (AvgIpc) is 3.20. The van der Waals surface area contributed by atoms with Gasteiger partial charge in [0.05, 0.1) is 16.0 Å². The normalized spacial score (nSPS) is 13.8. The van der Waals surface area contributed by atoms with Crippen LogP contribution in [0.5, 0.6) is 0 Å². The molecular formula is C20H15N3O3S. The summed E-state index contributed by atoms with van der Waals surface area (Å²) in [5.41, 5.74) is 2.30. The summed E-state index contributed by atoms with van der Waals surface area (Å²) >= 11 is 1.52. The van der Waals surface area contributed by atoms with Crippen molar-refractivity contribution < 1.29 is 14.1 Å². The molecular weight excluding hydrogens is 362 g/mol. The van der Waals surface area contributed by atoms with Crippen LogP contribution in [0.2, 0.25) is 0 Å². The van der Waals surface area contributed by atoms with Crippen molar-refractivity contribution in [3.63, 3.8) is 0 Å². The van der Waals surface area contributed by atoms with Gasteiger partial charge >= 0.3 is 5.97 Å². The molecule has 1 saturated carbocycles. The van der Waals surface area contributed by atoms with Crippen molar-refractivity contribution >= 4 is 28.2 Å². The van der Waals surface area contributed by atoms with Crippen molar-refractivity contribution in [2.45, 2.75) is 25.4 Å². The molecule has 0 spiro atoms. The molecule has 0 N–H and O–H groups in total. The van der Waals surface area contributed by atoms with E-state index in [4.69, 9.17) is 9.26 Å². The summed E-state index contributed by atoms with van der Waals surface area (Å²) in [6.45, 7) is -0.0629. The van der Waals surface area contributed by atoms with Crippen LogP contribution >= 0.6 is 11.3 Å². The van der Waals surface area contributed by atoms with Gasteiger partial charge in [-0.2, -0.15) is 4.98 Å². The lowest BCUT2D eigenvalue weighted by Gasteiger charge is -2.08. The highest BCUT2D eigenvalue weighted by Crippen LogP contribution is 2.40. The molecule has 0 radical (unpaired) electrons. The number of carbonyl (C=O) groups excluding carboxylic acids is 1. The van der Waals surface area contributed by atoms with Crippen molar-refractivity contribution in [3.05, 3.63) is 65.0 Å². The van der Waals surface area contributed by atoms with Crippen LogP contribution in [0, 0.1) is 0 Å². The number of pyridine rings is 1. The maximum atomic E-state index is 12.7. The molecule has 5 rings (SSSR count). The van der Waals surface area contributed by atoms with Crippen LogP contribution in [0.15, 0.2) is 52.4 Å². The summed E-state index contributed by atoms with van der Waals surface area (Å²) in [5.74, 6) is 0.811. The smallest absolute Gasteiger partial charge is 0.339 e. The van der Waals surface area contributed by atoms with E-state index in [0.29, 0.717) is 17.3 Å². The second kappa shape index (κ2) is 6.59. The maximum absolute atomic E-state index is 12.7. The highest BCUT2D eigenvalue weighted by molar-refractivity contribution is 7.13. The summed E-state index contributed by atoms with van der Waals surface area (Å²) in [6, 6.07) is 13.3. The van der Waals surface area contributed by atoms with Crippen molar-refractivity contribution in [1.29, 1.82) is 0 Å². The Balaban J connectivity index is 1.38. The van der Waals surface area contributed by atoms with Crippen LogP contribution in [0.25, 0.3) is 21.6 Å². The lowest BCUT2D eigenvalue weighted by molar-refractivity contribution is 0.0432. The maximum Gasteiger partial charge on any atom is 0.339 e. The Hall–Kier alpha value is -3.06. The number of thiophene rings is 1. The van der Waals surface area contributed by atoms with E-state index in [9.17, 15) is 4.79 Å².